The first kappa shape index (κ1) is 28.0. The third kappa shape index (κ3) is 7.01. The highest BCUT2D eigenvalue weighted by molar-refractivity contribution is 5.87. The van der Waals surface area contributed by atoms with Crippen LogP contribution in [-0.4, -0.2) is 60.3 Å². The quantitative estimate of drug-likeness (QED) is 0.573. The molecule has 2 N–H and O–H groups in total. The van der Waals surface area contributed by atoms with Gasteiger partial charge in [-0.1, -0.05) is 20.8 Å². The van der Waals surface area contributed by atoms with Crippen LogP contribution >= 0.6 is 0 Å². The Balaban J connectivity index is 1.99. The normalized spacial score (nSPS) is 19.4. The van der Waals surface area contributed by atoms with Crippen molar-refractivity contribution in [2.75, 3.05) is 25.6 Å². The molecule has 0 unspecified atom stereocenters. The number of methoxy groups -OCH3 is 1. The molecule has 2 atom stereocenters. The van der Waals surface area contributed by atoms with Gasteiger partial charge >= 0.3 is 12.1 Å². The highest BCUT2D eigenvalue weighted by atomic mass is 16.6. The number of alkyl carbamates (subject to hydrolysis) is 1. The van der Waals surface area contributed by atoms with Gasteiger partial charge in [0.15, 0.2) is 11.4 Å². The van der Waals surface area contributed by atoms with Crippen LogP contribution in [0.4, 0.5) is 10.7 Å². The Morgan fingerprint density at radius 3 is 2.49 bits per heavy atom. The van der Waals surface area contributed by atoms with Gasteiger partial charge in [0.1, 0.15) is 23.9 Å². The lowest BCUT2D eigenvalue weighted by Crippen LogP contribution is -2.50. The summed E-state index contributed by atoms with van der Waals surface area (Å²) in [6.45, 7) is 11.7. The van der Waals surface area contributed by atoms with E-state index in [1.54, 1.807) is 20.8 Å². The number of rotatable bonds is 3. The molecule has 0 fully saturated rings. The predicted octanol–water partition coefficient (Wildman–Crippen LogP) is 3.83. The molecule has 12 nitrogen and oxygen atoms in total. The minimum Gasteiger partial charge on any atom is -0.464 e. The lowest BCUT2D eigenvalue weighted by atomic mass is 9.86. The number of hydrogen-bond acceptors (Lipinski definition) is 10. The van der Waals surface area contributed by atoms with Gasteiger partial charge in [0.2, 0.25) is 17.7 Å². The molecule has 1 aliphatic rings. The Labute approximate surface area is 216 Å². The van der Waals surface area contributed by atoms with E-state index in [0.29, 0.717) is 37.4 Å². The van der Waals surface area contributed by atoms with E-state index in [1.807, 2.05) is 32.7 Å². The molecular weight excluding hydrogens is 482 g/mol. The van der Waals surface area contributed by atoms with Gasteiger partial charge in [-0.05, 0) is 45.4 Å². The molecule has 2 amide bonds. The Morgan fingerprint density at radius 1 is 1.16 bits per heavy atom. The van der Waals surface area contributed by atoms with Crippen LogP contribution in [0.1, 0.15) is 83.2 Å². The van der Waals surface area contributed by atoms with Crippen LogP contribution in [0, 0.1) is 5.41 Å². The van der Waals surface area contributed by atoms with Crippen LogP contribution in [0.25, 0.3) is 11.6 Å². The third-order valence-corrected chi connectivity index (χ3v) is 5.72. The van der Waals surface area contributed by atoms with Crippen molar-refractivity contribution >= 4 is 23.9 Å². The van der Waals surface area contributed by atoms with Crippen LogP contribution in [0.3, 0.4) is 0 Å². The zero-order valence-corrected chi connectivity index (χ0v) is 22.8. The van der Waals surface area contributed by atoms with Crippen LogP contribution in [0.5, 0.6) is 0 Å². The van der Waals surface area contributed by atoms with Gasteiger partial charge in [0.25, 0.3) is 5.89 Å². The molecule has 0 saturated carbocycles. The predicted molar refractivity (Wildman–Crippen MR) is 134 cm³/mol. The fraction of sp³-hybridized carbons (Fsp3) is 0.640. The number of oxazole rings is 2. The van der Waals surface area contributed by atoms with E-state index in [2.05, 4.69) is 20.6 Å². The van der Waals surface area contributed by atoms with Gasteiger partial charge in [-0.2, -0.15) is 0 Å². The smallest absolute Gasteiger partial charge is 0.408 e. The maximum Gasteiger partial charge on any atom is 0.408 e. The van der Waals surface area contributed by atoms with E-state index >= 15 is 0 Å². The Kier molecular flexibility index (Phi) is 8.19. The second-order valence-corrected chi connectivity index (χ2v) is 11.2. The number of anilines is 1. The first-order valence-electron chi connectivity index (χ1n) is 12.3. The summed E-state index contributed by atoms with van der Waals surface area (Å²) in [5.74, 6) is -0.267. The zero-order valence-electron chi connectivity index (χ0n) is 22.8. The molecule has 3 heterocycles. The second kappa shape index (κ2) is 10.8. The standard InChI is InChI=1S/C25H37N5O7/c1-24(2,3)17-20-28-16(19-26-15(13-35-19)22(32)34-8)21(36-20)30(7)12-10-9-11-14(18(31)29-17)27-23(33)37-25(4,5)6/h13-14,17H,9-12H2,1-8H3,(H,27,33)(H,29,31)/t14-,17+/m0/s1. The molecule has 2 aromatic rings. The molecule has 12 heteroatoms. The molecule has 204 valence electrons. The topological polar surface area (TPSA) is 149 Å². The van der Waals surface area contributed by atoms with E-state index in [9.17, 15) is 14.4 Å². The highest BCUT2D eigenvalue weighted by Gasteiger charge is 2.37. The summed E-state index contributed by atoms with van der Waals surface area (Å²) in [6, 6.07) is -1.45. The molecule has 0 spiro atoms. The van der Waals surface area contributed by atoms with Crippen LogP contribution < -0.4 is 15.5 Å². The summed E-state index contributed by atoms with van der Waals surface area (Å²) in [7, 11) is 3.11. The molecule has 3 rings (SSSR count). The average Bonchev–Trinajstić information content (AvgIpc) is 3.43. The lowest BCUT2D eigenvalue weighted by Gasteiger charge is -2.31. The van der Waals surface area contributed by atoms with Crippen molar-refractivity contribution in [1.82, 2.24) is 20.6 Å². The summed E-state index contributed by atoms with van der Waals surface area (Å²) in [6.07, 6.45) is 2.32. The number of nitrogens with one attached hydrogen (secondary N) is 2. The summed E-state index contributed by atoms with van der Waals surface area (Å²) in [4.78, 5) is 48.5. The number of ether oxygens (including phenoxy) is 2. The van der Waals surface area contributed by atoms with Crippen molar-refractivity contribution in [3.63, 3.8) is 0 Å². The second-order valence-electron chi connectivity index (χ2n) is 11.2. The molecule has 0 saturated heterocycles. The van der Waals surface area contributed by atoms with Crippen molar-refractivity contribution in [2.45, 2.75) is 78.5 Å². The molecule has 2 aromatic heterocycles. The summed E-state index contributed by atoms with van der Waals surface area (Å²) in [5.41, 5.74) is -0.896. The Bertz CT molecular complexity index is 1130. The molecule has 0 radical (unpaired) electrons. The maximum atomic E-state index is 13.4. The zero-order chi connectivity index (χ0) is 27.5. The number of fused-ring (bicyclic) bond motifs is 2. The van der Waals surface area contributed by atoms with E-state index < -0.39 is 35.2 Å². The van der Waals surface area contributed by atoms with Crippen LogP contribution in [0.2, 0.25) is 0 Å². The Hall–Kier alpha value is -3.57. The maximum absolute atomic E-state index is 13.4. The van der Waals surface area contributed by atoms with Gasteiger partial charge < -0.3 is 33.8 Å². The number of aromatic nitrogens is 2. The number of amides is 2. The van der Waals surface area contributed by atoms with Crippen molar-refractivity contribution in [1.29, 1.82) is 0 Å². The van der Waals surface area contributed by atoms with E-state index in [4.69, 9.17) is 18.3 Å². The first-order chi connectivity index (χ1) is 17.2. The number of nitrogens with zero attached hydrogens (tertiary/aromatic N) is 3. The SMILES string of the molecule is COC(=O)c1coc(-c2nc3oc2N(C)CCCC[C@H](NC(=O)OC(C)(C)C)C(=O)N[C@H]3C(C)(C)C)n1. The minimum atomic E-state index is -0.798. The molecule has 2 bridgehead atoms. The van der Waals surface area contributed by atoms with Gasteiger partial charge in [-0.15, -0.1) is 0 Å². The molecule has 37 heavy (non-hydrogen) atoms. The van der Waals surface area contributed by atoms with Gasteiger partial charge in [-0.25, -0.2) is 19.6 Å². The van der Waals surface area contributed by atoms with E-state index in [1.165, 1.54) is 13.4 Å². The van der Waals surface area contributed by atoms with Crippen molar-refractivity contribution in [2.24, 2.45) is 5.41 Å². The lowest BCUT2D eigenvalue weighted by molar-refractivity contribution is -0.125. The summed E-state index contributed by atoms with van der Waals surface area (Å²) >= 11 is 0. The van der Waals surface area contributed by atoms with E-state index in [-0.39, 0.29) is 23.4 Å². The Morgan fingerprint density at radius 2 is 1.86 bits per heavy atom. The van der Waals surface area contributed by atoms with Crippen LogP contribution in [-0.2, 0) is 14.3 Å². The monoisotopic (exact) mass is 519 g/mol. The first-order valence-corrected chi connectivity index (χ1v) is 12.3. The third-order valence-electron chi connectivity index (χ3n) is 5.72. The number of esters is 1. The number of carbonyl (C=O) groups is 3. The molecule has 0 aromatic carbocycles. The minimum absolute atomic E-state index is 0.00491. The van der Waals surface area contributed by atoms with E-state index in [0.717, 1.165) is 0 Å². The van der Waals surface area contributed by atoms with Gasteiger partial charge in [0, 0.05) is 13.6 Å². The fourth-order valence-corrected chi connectivity index (χ4v) is 3.84. The fourth-order valence-electron chi connectivity index (χ4n) is 3.84. The average molecular weight is 520 g/mol. The van der Waals surface area contributed by atoms with Crippen molar-refractivity contribution in [3.8, 4) is 11.6 Å². The summed E-state index contributed by atoms with van der Waals surface area (Å²) < 4.78 is 21.8. The van der Waals surface area contributed by atoms with Gasteiger partial charge in [-0.3, -0.25) is 4.79 Å². The van der Waals surface area contributed by atoms with Crippen molar-refractivity contribution in [3.05, 3.63) is 17.8 Å². The molecule has 0 aliphatic carbocycles. The number of hydrogen-bond donors (Lipinski definition) is 2. The highest BCUT2D eigenvalue weighted by Crippen LogP contribution is 2.39. The largest absolute Gasteiger partial charge is 0.464 e. The number of carbonyl (C=O) groups excluding carboxylic acids is 3. The van der Waals surface area contributed by atoms with Gasteiger partial charge in [0.05, 0.1) is 7.11 Å². The van der Waals surface area contributed by atoms with Crippen LogP contribution in [0.15, 0.2) is 15.1 Å². The molecule has 1 aliphatic heterocycles. The molecular formula is C25H37N5O7. The van der Waals surface area contributed by atoms with Crippen molar-refractivity contribution < 1.29 is 32.7 Å². The summed E-state index contributed by atoms with van der Waals surface area (Å²) in [5, 5.41) is 5.72.